The van der Waals surface area contributed by atoms with Gasteiger partial charge in [-0.25, -0.2) is 5.43 Å². The molecule has 2 N–H and O–H groups in total. The van der Waals surface area contributed by atoms with Crippen molar-refractivity contribution < 1.29 is 14.3 Å². The number of rotatable bonds is 4. The number of nitrogens with one attached hydrogen (secondary N) is 2. The Morgan fingerprint density at radius 3 is 3.00 bits per heavy atom. The molecule has 1 aromatic carbocycles. The Morgan fingerprint density at radius 1 is 1.20 bits per heavy atom. The molecule has 0 radical (unpaired) electrons. The standard InChI is InChI=1S/C17H13N5O3/c23-17(22-19-9-12-3-1-2-6-18-12)14-8-13(20-21-14)11-4-5-15-16(7-11)25-10-24-15/h1-9H,10H2,(H,20,21)(H,22,23)/b19-9-. The highest BCUT2D eigenvalue weighted by atomic mass is 16.7. The maximum atomic E-state index is 12.1. The summed E-state index contributed by atoms with van der Waals surface area (Å²) in [5.74, 6) is 0.958. The van der Waals surface area contributed by atoms with Crippen molar-refractivity contribution in [2.24, 2.45) is 5.10 Å². The van der Waals surface area contributed by atoms with E-state index in [4.69, 9.17) is 9.47 Å². The van der Waals surface area contributed by atoms with Crippen LogP contribution in [0.1, 0.15) is 16.2 Å². The summed E-state index contributed by atoms with van der Waals surface area (Å²) in [6, 6.07) is 12.5. The van der Waals surface area contributed by atoms with Crippen molar-refractivity contribution in [2.75, 3.05) is 6.79 Å². The second-order valence-electron chi connectivity index (χ2n) is 5.19. The summed E-state index contributed by atoms with van der Waals surface area (Å²) < 4.78 is 10.6. The van der Waals surface area contributed by atoms with Gasteiger partial charge in [-0.2, -0.15) is 10.2 Å². The predicted octanol–water partition coefficient (Wildman–Crippen LogP) is 1.96. The lowest BCUT2D eigenvalue weighted by Gasteiger charge is -1.99. The van der Waals surface area contributed by atoms with Crippen molar-refractivity contribution in [2.45, 2.75) is 0 Å². The zero-order chi connectivity index (χ0) is 17.1. The van der Waals surface area contributed by atoms with Gasteiger partial charge in [-0.1, -0.05) is 6.07 Å². The van der Waals surface area contributed by atoms with Crippen LogP contribution in [0.4, 0.5) is 0 Å². The zero-order valence-electron chi connectivity index (χ0n) is 13.0. The number of hydrazone groups is 1. The van der Waals surface area contributed by atoms with Crippen molar-refractivity contribution >= 4 is 12.1 Å². The Bertz CT molecular complexity index is 936. The lowest BCUT2D eigenvalue weighted by molar-refractivity contribution is 0.0950. The molecule has 3 heterocycles. The minimum atomic E-state index is -0.397. The van der Waals surface area contributed by atoms with Gasteiger partial charge in [0, 0.05) is 11.8 Å². The van der Waals surface area contributed by atoms with Crippen LogP contribution in [0.2, 0.25) is 0 Å². The highest BCUT2D eigenvalue weighted by Gasteiger charge is 2.16. The summed E-state index contributed by atoms with van der Waals surface area (Å²) in [5.41, 5.74) is 4.81. The molecule has 0 aliphatic carbocycles. The van der Waals surface area contributed by atoms with Gasteiger partial charge in [0.25, 0.3) is 5.91 Å². The molecule has 1 aliphatic heterocycles. The molecular formula is C17H13N5O3. The number of nitrogens with zero attached hydrogens (tertiary/aromatic N) is 3. The number of ether oxygens (including phenoxy) is 2. The highest BCUT2D eigenvalue weighted by molar-refractivity contribution is 5.94. The lowest BCUT2D eigenvalue weighted by Crippen LogP contribution is -2.18. The molecule has 0 saturated heterocycles. The van der Waals surface area contributed by atoms with Gasteiger partial charge >= 0.3 is 0 Å². The first kappa shape index (κ1) is 14.9. The van der Waals surface area contributed by atoms with Gasteiger partial charge in [0.15, 0.2) is 11.5 Å². The third-order valence-corrected chi connectivity index (χ3v) is 3.54. The number of carbonyl (C=O) groups excluding carboxylic acids is 1. The molecule has 0 atom stereocenters. The molecule has 124 valence electrons. The van der Waals surface area contributed by atoms with Crippen molar-refractivity contribution in [3.8, 4) is 22.8 Å². The fraction of sp³-hybridized carbons (Fsp3) is 0.0588. The molecule has 3 aromatic rings. The molecule has 0 fully saturated rings. The third kappa shape index (κ3) is 3.18. The largest absolute Gasteiger partial charge is 0.454 e. The van der Waals surface area contributed by atoms with E-state index >= 15 is 0 Å². The summed E-state index contributed by atoms with van der Waals surface area (Å²) in [6.07, 6.45) is 3.11. The number of aromatic nitrogens is 3. The number of fused-ring (bicyclic) bond motifs is 1. The van der Waals surface area contributed by atoms with E-state index in [-0.39, 0.29) is 6.79 Å². The van der Waals surface area contributed by atoms with Crippen LogP contribution in [0.15, 0.2) is 53.8 Å². The summed E-state index contributed by atoms with van der Waals surface area (Å²) in [7, 11) is 0. The number of hydrogen-bond donors (Lipinski definition) is 2. The lowest BCUT2D eigenvalue weighted by atomic mass is 10.1. The van der Waals surface area contributed by atoms with Crippen LogP contribution in [0.5, 0.6) is 11.5 Å². The molecule has 0 bridgehead atoms. The fourth-order valence-corrected chi connectivity index (χ4v) is 2.31. The SMILES string of the molecule is O=C(N/N=C\c1ccccn1)c1cc(-c2ccc3c(c2)OCO3)n[nH]1. The van der Waals surface area contributed by atoms with Crippen molar-refractivity contribution in [1.82, 2.24) is 20.6 Å². The van der Waals surface area contributed by atoms with Crippen LogP contribution in [-0.4, -0.2) is 34.1 Å². The topological polar surface area (TPSA) is 101 Å². The Labute approximate surface area is 142 Å². The van der Waals surface area contributed by atoms with Crippen molar-refractivity contribution in [3.05, 3.63) is 60.0 Å². The van der Waals surface area contributed by atoms with Gasteiger partial charge < -0.3 is 9.47 Å². The van der Waals surface area contributed by atoms with Crippen LogP contribution < -0.4 is 14.9 Å². The number of H-pyrrole nitrogens is 1. The van der Waals surface area contributed by atoms with Crippen LogP contribution in [0.25, 0.3) is 11.3 Å². The molecule has 8 nitrogen and oxygen atoms in total. The summed E-state index contributed by atoms with van der Waals surface area (Å²) >= 11 is 0. The van der Waals surface area contributed by atoms with E-state index in [0.717, 1.165) is 5.56 Å². The maximum absolute atomic E-state index is 12.1. The van der Waals surface area contributed by atoms with Crippen LogP contribution >= 0.6 is 0 Å². The number of carbonyl (C=O) groups is 1. The molecule has 25 heavy (non-hydrogen) atoms. The Morgan fingerprint density at radius 2 is 2.12 bits per heavy atom. The average Bonchev–Trinajstić information content (AvgIpc) is 3.31. The number of benzene rings is 1. The minimum Gasteiger partial charge on any atom is -0.454 e. The molecule has 1 aliphatic rings. The van der Waals surface area contributed by atoms with E-state index in [1.54, 1.807) is 24.4 Å². The van der Waals surface area contributed by atoms with Gasteiger partial charge in [0.1, 0.15) is 5.69 Å². The summed E-state index contributed by atoms with van der Waals surface area (Å²) in [5, 5.41) is 10.7. The third-order valence-electron chi connectivity index (χ3n) is 3.54. The quantitative estimate of drug-likeness (QED) is 0.561. The smallest absolute Gasteiger partial charge is 0.289 e. The molecular weight excluding hydrogens is 322 g/mol. The van der Waals surface area contributed by atoms with Crippen LogP contribution in [0, 0.1) is 0 Å². The molecule has 2 aromatic heterocycles. The van der Waals surface area contributed by atoms with Crippen LogP contribution in [0.3, 0.4) is 0 Å². The Hall–Kier alpha value is -3.68. The van der Waals surface area contributed by atoms with Gasteiger partial charge in [-0.3, -0.25) is 14.9 Å². The first-order chi connectivity index (χ1) is 12.3. The summed E-state index contributed by atoms with van der Waals surface area (Å²) in [4.78, 5) is 16.2. The van der Waals surface area contributed by atoms with Crippen LogP contribution in [-0.2, 0) is 0 Å². The van der Waals surface area contributed by atoms with E-state index < -0.39 is 5.91 Å². The maximum Gasteiger partial charge on any atom is 0.289 e. The number of hydrogen-bond acceptors (Lipinski definition) is 6. The van der Waals surface area contributed by atoms with Crippen molar-refractivity contribution in [3.63, 3.8) is 0 Å². The molecule has 0 unspecified atom stereocenters. The number of amides is 1. The molecule has 1 amide bonds. The Kier molecular flexibility index (Phi) is 3.83. The second-order valence-corrected chi connectivity index (χ2v) is 5.19. The van der Waals surface area contributed by atoms with E-state index in [9.17, 15) is 4.79 Å². The molecule has 4 rings (SSSR count). The minimum absolute atomic E-state index is 0.210. The van der Waals surface area contributed by atoms with E-state index in [1.807, 2.05) is 24.3 Å². The summed E-state index contributed by atoms with van der Waals surface area (Å²) in [6.45, 7) is 0.210. The van der Waals surface area contributed by atoms with Crippen molar-refractivity contribution in [1.29, 1.82) is 0 Å². The van der Waals surface area contributed by atoms with E-state index in [2.05, 4.69) is 25.7 Å². The highest BCUT2D eigenvalue weighted by Crippen LogP contribution is 2.35. The zero-order valence-corrected chi connectivity index (χ0v) is 13.0. The molecule has 8 heteroatoms. The number of aromatic amines is 1. The second kappa shape index (κ2) is 6.44. The monoisotopic (exact) mass is 335 g/mol. The van der Waals surface area contributed by atoms with E-state index in [1.165, 1.54) is 6.21 Å². The van der Waals surface area contributed by atoms with Gasteiger partial charge in [0.2, 0.25) is 6.79 Å². The average molecular weight is 335 g/mol. The van der Waals surface area contributed by atoms with E-state index in [0.29, 0.717) is 28.6 Å². The first-order valence-corrected chi connectivity index (χ1v) is 7.49. The van der Waals surface area contributed by atoms with Gasteiger partial charge in [-0.05, 0) is 36.4 Å². The number of pyridine rings is 1. The molecule has 0 spiro atoms. The predicted molar refractivity (Wildman–Crippen MR) is 89.4 cm³/mol. The Balaban J connectivity index is 1.45. The molecule has 0 saturated carbocycles. The normalized spacial score (nSPS) is 12.5. The van der Waals surface area contributed by atoms with Gasteiger partial charge in [0.05, 0.1) is 17.6 Å². The fourth-order valence-electron chi connectivity index (χ4n) is 2.31. The first-order valence-electron chi connectivity index (χ1n) is 7.49. The van der Waals surface area contributed by atoms with Gasteiger partial charge in [-0.15, -0.1) is 0 Å².